The van der Waals surface area contributed by atoms with Crippen molar-refractivity contribution in [2.75, 3.05) is 0 Å². The van der Waals surface area contributed by atoms with Gasteiger partial charge in [0.1, 0.15) is 0 Å². The van der Waals surface area contributed by atoms with Crippen molar-refractivity contribution in [3.05, 3.63) is 0 Å². The van der Waals surface area contributed by atoms with Crippen LogP contribution in [-0.2, 0) is 4.79 Å². The lowest BCUT2D eigenvalue weighted by molar-refractivity contribution is -0.149. The molecule has 0 radical (unpaired) electrons. The molecule has 0 fully saturated rings. The smallest absolute Gasteiger partial charge is 0.307 e. The van der Waals surface area contributed by atoms with Gasteiger partial charge in [-0.25, -0.2) is 0 Å². The molecule has 1 atom stereocenters. The highest BCUT2D eigenvalue weighted by molar-refractivity contribution is 5.71. The van der Waals surface area contributed by atoms with Crippen LogP contribution in [0.25, 0.3) is 0 Å². The molecule has 1 unspecified atom stereocenters. The minimum absolute atomic E-state index is 0.0137. The molecule has 20 heavy (non-hydrogen) atoms. The highest BCUT2D eigenvalue weighted by Gasteiger charge is 2.42. The van der Waals surface area contributed by atoms with Gasteiger partial charge in [0.05, 0.1) is 5.92 Å². The molecule has 0 heterocycles. The fourth-order valence-corrected chi connectivity index (χ4v) is 3.88. The van der Waals surface area contributed by atoms with Crippen molar-refractivity contribution in [1.82, 2.24) is 0 Å². The third-order valence-corrected chi connectivity index (χ3v) is 4.27. The number of hydrogen-bond donors (Lipinski definition) is 1. The molecule has 2 nitrogen and oxygen atoms in total. The molecule has 120 valence electrons. The van der Waals surface area contributed by atoms with E-state index in [0.29, 0.717) is 11.8 Å². The molecule has 0 aromatic carbocycles. The number of hydrogen-bond acceptors (Lipinski definition) is 1. The second-order valence-electron chi connectivity index (χ2n) is 7.34. The SMILES string of the molecule is CCCCC(CC(C)C)(CC(C)C)C(CCC)C(=O)O. The first-order chi connectivity index (χ1) is 9.29. The summed E-state index contributed by atoms with van der Waals surface area (Å²) in [6, 6.07) is 0. The number of aliphatic carboxylic acids is 1. The third-order valence-electron chi connectivity index (χ3n) is 4.27. The molecule has 0 aromatic rings. The van der Waals surface area contributed by atoms with Crippen LogP contribution in [0.3, 0.4) is 0 Å². The van der Waals surface area contributed by atoms with E-state index in [9.17, 15) is 9.90 Å². The van der Waals surface area contributed by atoms with E-state index in [2.05, 4.69) is 41.5 Å². The minimum atomic E-state index is -0.579. The molecule has 0 bridgehead atoms. The Morgan fingerprint density at radius 3 is 1.80 bits per heavy atom. The Bertz CT molecular complexity index is 259. The number of carbonyl (C=O) groups is 1. The lowest BCUT2D eigenvalue weighted by Crippen LogP contribution is -2.38. The van der Waals surface area contributed by atoms with Crippen LogP contribution in [0.5, 0.6) is 0 Å². The maximum Gasteiger partial charge on any atom is 0.307 e. The van der Waals surface area contributed by atoms with Crippen molar-refractivity contribution < 1.29 is 9.90 Å². The van der Waals surface area contributed by atoms with Gasteiger partial charge >= 0.3 is 5.97 Å². The van der Waals surface area contributed by atoms with Gasteiger partial charge in [-0.2, -0.15) is 0 Å². The average Bonchev–Trinajstić information content (AvgIpc) is 2.31. The molecule has 0 saturated carbocycles. The lowest BCUT2D eigenvalue weighted by Gasteiger charge is -2.42. The van der Waals surface area contributed by atoms with E-state index >= 15 is 0 Å². The summed E-state index contributed by atoms with van der Waals surface area (Å²) in [7, 11) is 0. The minimum Gasteiger partial charge on any atom is -0.481 e. The van der Waals surface area contributed by atoms with Crippen LogP contribution in [-0.4, -0.2) is 11.1 Å². The second kappa shape index (κ2) is 9.41. The highest BCUT2D eigenvalue weighted by Crippen LogP contribution is 2.47. The molecule has 0 aliphatic heterocycles. The predicted octanol–water partition coefficient (Wildman–Crippen LogP) is 5.76. The van der Waals surface area contributed by atoms with Crippen molar-refractivity contribution in [2.24, 2.45) is 23.2 Å². The van der Waals surface area contributed by atoms with E-state index in [1.54, 1.807) is 0 Å². The van der Waals surface area contributed by atoms with E-state index < -0.39 is 5.97 Å². The Labute approximate surface area is 126 Å². The zero-order valence-corrected chi connectivity index (χ0v) is 14.5. The molecule has 0 aliphatic rings. The largest absolute Gasteiger partial charge is 0.481 e. The van der Waals surface area contributed by atoms with Crippen molar-refractivity contribution in [3.8, 4) is 0 Å². The first-order valence-corrected chi connectivity index (χ1v) is 8.51. The monoisotopic (exact) mass is 284 g/mol. The second-order valence-corrected chi connectivity index (χ2v) is 7.34. The summed E-state index contributed by atoms with van der Waals surface area (Å²) >= 11 is 0. The van der Waals surface area contributed by atoms with Gasteiger partial charge in [-0.1, -0.05) is 60.8 Å². The molecule has 0 spiro atoms. The van der Waals surface area contributed by atoms with E-state index in [1.807, 2.05) is 0 Å². The van der Waals surface area contributed by atoms with E-state index in [1.165, 1.54) is 0 Å². The Kier molecular flexibility index (Phi) is 9.16. The number of carboxylic acid groups (broad SMARTS) is 1. The van der Waals surface area contributed by atoms with E-state index in [-0.39, 0.29) is 11.3 Å². The summed E-state index contributed by atoms with van der Waals surface area (Å²) in [6.45, 7) is 13.2. The van der Waals surface area contributed by atoms with Gasteiger partial charge in [-0.15, -0.1) is 0 Å². The molecule has 0 saturated heterocycles. The van der Waals surface area contributed by atoms with Gasteiger partial charge in [-0.05, 0) is 42.9 Å². The Hall–Kier alpha value is -0.530. The van der Waals surface area contributed by atoms with Crippen molar-refractivity contribution in [2.45, 2.75) is 86.5 Å². The molecular formula is C18H36O2. The van der Waals surface area contributed by atoms with Gasteiger partial charge in [0, 0.05) is 0 Å². The van der Waals surface area contributed by atoms with Gasteiger partial charge in [-0.3, -0.25) is 4.79 Å². The van der Waals surface area contributed by atoms with Crippen LogP contribution in [0.15, 0.2) is 0 Å². The molecule has 1 N–H and O–H groups in total. The maximum atomic E-state index is 11.9. The number of rotatable bonds is 11. The van der Waals surface area contributed by atoms with E-state index in [4.69, 9.17) is 0 Å². The molecule has 0 aliphatic carbocycles. The molecule has 0 aromatic heterocycles. The summed E-state index contributed by atoms with van der Waals surface area (Å²) in [6.07, 6.45) is 7.23. The number of unbranched alkanes of at least 4 members (excludes halogenated alkanes) is 1. The number of carboxylic acids is 1. The fraction of sp³-hybridized carbons (Fsp3) is 0.944. The Balaban J connectivity index is 5.44. The highest BCUT2D eigenvalue weighted by atomic mass is 16.4. The van der Waals surface area contributed by atoms with Crippen LogP contribution in [0.1, 0.15) is 86.5 Å². The Morgan fingerprint density at radius 2 is 1.50 bits per heavy atom. The first-order valence-electron chi connectivity index (χ1n) is 8.51. The van der Waals surface area contributed by atoms with Crippen LogP contribution < -0.4 is 0 Å². The summed E-state index contributed by atoms with van der Waals surface area (Å²) in [5.74, 6) is 0.363. The first kappa shape index (κ1) is 19.5. The average molecular weight is 284 g/mol. The zero-order valence-electron chi connectivity index (χ0n) is 14.5. The van der Waals surface area contributed by atoms with Crippen molar-refractivity contribution in [3.63, 3.8) is 0 Å². The van der Waals surface area contributed by atoms with E-state index in [0.717, 1.165) is 44.9 Å². The van der Waals surface area contributed by atoms with Gasteiger partial charge in [0.2, 0.25) is 0 Å². The van der Waals surface area contributed by atoms with Gasteiger partial charge < -0.3 is 5.11 Å². The summed E-state index contributed by atoms with van der Waals surface area (Å²) < 4.78 is 0. The normalized spacial score (nSPS) is 14.0. The molecule has 0 amide bonds. The van der Waals surface area contributed by atoms with Crippen LogP contribution in [0.2, 0.25) is 0 Å². The summed E-state index contributed by atoms with van der Waals surface area (Å²) in [4.78, 5) is 11.9. The summed E-state index contributed by atoms with van der Waals surface area (Å²) in [5.41, 5.74) is -0.0137. The predicted molar refractivity (Wildman–Crippen MR) is 86.9 cm³/mol. The standard InChI is InChI=1S/C18H36O2/c1-7-9-11-18(12-14(3)4,13-15(5)6)16(10-8-2)17(19)20/h14-16H,7-13H2,1-6H3,(H,19,20). The third kappa shape index (κ3) is 6.28. The molecule has 2 heteroatoms. The lowest BCUT2D eigenvalue weighted by atomic mass is 9.62. The van der Waals surface area contributed by atoms with Gasteiger partial charge in [0.25, 0.3) is 0 Å². The summed E-state index contributed by atoms with van der Waals surface area (Å²) in [5, 5.41) is 9.77. The topological polar surface area (TPSA) is 37.3 Å². The molecular weight excluding hydrogens is 248 g/mol. The quantitative estimate of drug-likeness (QED) is 0.524. The van der Waals surface area contributed by atoms with Crippen molar-refractivity contribution >= 4 is 5.97 Å². The maximum absolute atomic E-state index is 11.9. The van der Waals surface area contributed by atoms with Crippen molar-refractivity contribution in [1.29, 1.82) is 0 Å². The van der Waals surface area contributed by atoms with Gasteiger partial charge in [0.15, 0.2) is 0 Å². The fourth-order valence-electron chi connectivity index (χ4n) is 3.88. The van der Waals surface area contributed by atoms with Crippen LogP contribution >= 0.6 is 0 Å². The Morgan fingerprint density at radius 1 is 1.00 bits per heavy atom. The zero-order chi connectivity index (χ0) is 15.8. The van der Waals surface area contributed by atoms with Crippen LogP contribution in [0, 0.1) is 23.2 Å². The molecule has 0 rings (SSSR count). The van der Waals surface area contributed by atoms with Crippen LogP contribution in [0.4, 0.5) is 0 Å².